The van der Waals surface area contributed by atoms with Gasteiger partial charge in [-0.15, -0.1) is 0 Å². The summed E-state index contributed by atoms with van der Waals surface area (Å²) in [6.07, 6.45) is 0. The Morgan fingerprint density at radius 2 is 2.13 bits per heavy atom. The Hall–Kier alpha value is -1.56. The van der Waals surface area contributed by atoms with Crippen LogP contribution in [-0.4, -0.2) is 14.8 Å². The number of benzene rings is 1. The fraction of sp³-hybridized carbons (Fsp3) is 0.111. The van der Waals surface area contributed by atoms with E-state index in [9.17, 15) is 8.78 Å². The van der Waals surface area contributed by atoms with E-state index in [1.54, 1.807) is 7.05 Å². The van der Waals surface area contributed by atoms with Gasteiger partial charge in [0.15, 0.2) is 10.6 Å². The molecule has 0 amide bonds. The highest BCUT2D eigenvalue weighted by molar-refractivity contribution is 7.71. The SMILES string of the molecule is Cn1c(-c2cc(F)ccc2F)n[nH]c1=S. The molecular formula is C9H7F2N3S. The van der Waals surface area contributed by atoms with E-state index in [1.807, 2.05) is 0 Å². The number of hydrogen-bond donors (Lipinski definition) is 1. The van der Waals surface area contributed by atoms with Crippen molar-refractivity contribution in [3.05, 3.63) is 34.6 Å². The lowest BCUT2D eigenvalue weighted by molar-refractivity contribution is 0.601. The number of nitrogens with one attached hydrogen (secondary N) is 1. The van der Waals surface area contributed by atoms with Crippen LogP contribution in [-0.2, 0) is 7.05 Å². The largest absolute Gasteiger partial charge is 0.303 e. The number of halogens is 2. The van der Waals surface area contributed by atoms with E-state index in [2.05, 4.69) is 10.2 Å². The van der Waals surface area contributed by atoms with E-state index in [0.29, 0.717) is 4.77 Å². The van der Waals surface area contributed by atoms with E-state index in [1.165, 1.54) is 4.57 Å². The van der Waals surface area contributed by atoms with E-state index >= 15 is 0 Å². The van der Waals surface area contributed by atoms with Crippen molar-refractivity contribution in [2.75, 3.05) is 0 Å². The molecule has 3 nitrogen and oxygen atoms in total. The Kier molecular flexibility index (Phi) is 2.36. The highest BCUT2D eigenvalue weighted by atomic mass is 32.1. The van der Waals surface area contributed by atoms with Crippen molar-refractivity contribution >= 4 is 12.2 Å². The van der Waals surface area contributed by atoms with E-state index in [4.69, 9.17) is 12.2 Å². The Balaban J connectivity index is 2.68. The number of nitrogens with zero attached hydrogens (tertiary/aromatic N) is 2. The van der Waals surface area contributed by atoms with Crippen molar-refractivity contribution in [1.29, 1.82) is 0 Å². The lowest BCUT2D eigenvalue weighted by atomic mass is 10.2. The summed E-state index contributed by atoms with van der Waals surface area (Å²) in [5, 5.41) is 6.34. The second-order valence-electron chi connectivity index (χ2n) is 3.04. The molecule has 2 rings (SSSR count). The van der Waals surface area contributed by atoms with E-state index in [-0.39, 0.29) is 11.4 Å². The number of hydrogen-bond acceptors (Lipinski definition) is 2. The van der Waals surface area contributed by atoms with Crippen molar-refractivity contribution in [2.24, 2.45) is 7.05 Å². The van der Waals surface area contributed by atoms with Gasteiger partial charge in [0.2, 0.25) is 0 Å². The van der Waals surface area contributed by atoms with Crippen molar-refractivity contribution in [1.82, 2.24) is 14.8 Å². The molecule has 0 bridgehead atoms. The molecule has 0 atom stereocenters. The van der Waals surface area contributed by atoms with Crippen molar-refractivity contribution < 1.29 is 8.78 Å². The van der Waals surface area contributed by atoms with Crippen LogP contribution in [0.4, 0.5) is 8.78 Å². The maximum atomic E-state index is 13.4. The highest BCUT2D eigenvalue weighted by Gasteiger charge is 2.11. The molecule has 0 aliphatic carbocycles. The molecule has 6 heteroatoms. The third kappa shape index (κ3) is 1.68. The standard InChI is InChI=1S/C9H7F2N3S/c1-14-8(12-13-9(14)15)6-4-5(10)2-3-7(6)11/h2-4H,1H3,(H,13,15). The first-order valence-corrected chi connectivity index (χ1v) is 4.57. The summed E-state index contributed by atoms with van der Waals surface area (Å²) in [6, 6.07) is 3.20. The summed E-state index contributed by atoms with van der Waals surface area (Å²) in [5.41, 5.74) is 0.0878. The quantitative estimate of drug-likeness (QED) is 0.759. The molecule has 1 aromatic carbocycles. The van der Waals surface area contributed by atoms with Gasteiger partial charge in [0.1, 0.15) is 11.6 Å². The first-order chi connectivity index (χ1) is 7.09. The zero-order chi connectivity index (χ0) is 11.0. The van der Waals surface area contributed by atoms with Gasteiger partial charge in [0.25, 0.3) is 0 Å². The van der Waals surface area contributed by atoms with Crippen LogP contribution in [0.1, 0.15) is 0 Å². The molecule has 0 aliphatic rings. The van der Waals surface area contributed by atoms with Gasteiger partial charge in [-0.25, -0.2) is 8.78 Å². The zero-order valence-corrected chi connectivity index (χ0v) is 8.61. The minimum Gasteiger partial charge on any atom is -0.303 e. The monoisotopic (exact) mass is 227 g/mol. The Morgan fingerprint density at radius 1 is 1.40 bits per heavy atom. The van der Waals surface area contributed by atoms with Crippen LogP contribution in [0.5, 0.6) is 0 Å². The van der Waals surface area contributed by atoms with Gasteiger partial charge in [-0.3, -0.25) is 5.10 Å². The van der Waals surface area contributed by atoms with Crippen LogP contribution < -0.4 is 0 Å². The lowest BCUT2D eigenvalue weighted by Gasteiger charge is -2.01. The Labute approximate surface area is 89.4 Å². The molecule has 0 aliphatic heterocycles. The lowest BCUT2D eigenvalue weighted by Crippen LogP contribution is -1.95. The summed E-state index contributed by atoms with van der Waals surface area (Å²) < 4.78 is 28.1. The maximum absolute atomic E-state index is 13.4. The van der Waals surface area contributed by atoms with Gasteiger partial charge in [-0.05, 0) is 30.4 Å². The second kappa shape index (κ2) is 3.54. The summed E-state index contributed by atoms with van der Waals surface area (Å²) >= 11 is 4.88. The van der Waals surface area contributed by atoms with Gasteiger partial charge >= 0.3 is 0 Å². The summed E-state index contributed by atoms with van der Waals surface area (Å²) in [6.45, 7) is 0. The summed E-state index contributed by atoms with van der Waals surface area (Å²) in [4.78, 5) is 0. The molecule has 15 heavy (non-hydrogen) atoms. The molecule has 2 aromatic rings. The van der Waals surface area contributed by atoms with Crippen molar-refractivity contribution in [2.45, 2.75) is 0 Å². The van der Waals surface area contributed by atoms with Crippen LogP contribution in [0.2, 0.25) is 0 Å². The minimum atomic E-state index is -0.534. The smallest absolute Gasteiger partial charge is 0.195 e. The highest BCUT2D eigenvalue weighted by Crippen LogP contribution is 2.21. The van der Waals surface area contributed by atoms with Gasteiger partial charge in [-0.1, -0.05) is 0 Å². The Bertz CT molecular complexity index is 559. The first-order valence-electron chi connectivity index (χ1n) is 4.16. The average molecular weight is 227 g/mol. The molecule has 0 spiro atoms. The van der Waals surface area contributed by atoms with Crippen LogP contribution in [0.15, 0.2) is 18.2 Å². The van der Waals surface area contributed by atoms with Gasteiger partial charge in [0, 0.05) is 7.05 Å². The topological polar surface area (TPSA) is 33.6 Å². The molecule has 1 aromatic heterocycles. The molecule has 0 saturated heterocycles. The van der Waals surface area contributed by atoms with E-state index < -0.39 is 11.6 Å². The van der Waals surface area contributed by atoms with Crippen LogP contribution in [0.3, 0.4) is 0 Å². The number of rotatable bonds is 1. The molecular weight excluding hydrogens is 220 g/mol. The molecule has 1 heterocycles. The average Bonchev–Trinajstić information content (AvgIpc) is 2.52. The van der Waals surface area contributed by atoms with Crippen molar-refractivity contribution in [3.63, 3.8) is 0 Å². The fourth-order valence-corrected chi connectivity index (χ4v) is 1.39. The minimum absolute atomic E-state index is 0.0878. The predicted molar refractivity (Wildman–Crippen MR) is 53.7 cm³/mol. The van der Waals surface area contributed by atoms with Crippen molar-refractivity contribution in [3.8, 4) is 11.4 Å². The van der Waals surface area contributed by atoms with Gasteiger partial charge < -0.3 is 4.57 Å². The number of aromatic amines is 1. The molecule has 0 fully saturated rings. The molecule has 78 valence electrons. The van der Waals surface area contributed by atoms with Gasteiger partial charge in [0.05, 0.1) is 5.56 Å². The van der Waals surface area contributed by atoms with Crippen LogP contribution in [0.25, 0.3) is 11.4 Å². The maximum Gasteiger partial charge on any atom is 0.195 e. The fourth-order valence-electron chi connectivity index (χ4n) is 1.26. The molecule has 0 saturated carbocycles. The van der Waals surface area contributed by atoms with Crippen LogP contribution in [0, 0.1) is 16.4 Å². The Morgan fingerprint density at radius 3 is 2.73 bits per heavy atom. The van der Waals surface area contributed by atoms with Gasteiger partial charge in [-0.2, -0.15) is 5.10 Å². The third-order valence-electron chi connectivity index (χ3n) is 2.05. The number of aromatic nitrogens is 3. The molecule has 1 N–H and O–H groups in total. The predicted octanol–water partition coefficient (Wildman–Crippen LogP) is 2.42. The summed E-state index contributed by atoms with van der Waals surface area (Å²) in [5.74, 6) is -0.772. The van der Waals surface area contributed by atoms with E-state index in [0.717, 1.165) is 18.2 Å². The molecule has 0 radical (unpaired) electrons. The molecule has 0 unspecified atom stereocenters. The normalized spacial score (nSPS) is 10.6. The first kappa shape index (κ1) is 9.97. The summed E-state index contributed by atoms with van der Waals surface area (Å²) in [7, 11) is 1.63. The second-order valence-corrected chi connectivity index (χ2v) is 3.42. The number of H-pyrrole nitrogens is 1. The zero-order valence-electron chi connectivity index (χ0n) is 7.79. The third-order valence-corrected chi connectivity index (χ3v) is 2.41. The van der Waals surface area contributed by atoms with Crippen LogP contribution >= 0.6 is 12.2 Å².